The quantitative estimate of drug-likeness (QED) is 0.331. The number of fused-ring (bicyclic) bond motifs is 2. The normalized spacial score (nSPS) is 18.4. The molecule has 1 unspecified atom stereocenters. The molecule has 0 spiro atoms. The standard InChI is InChI=1S/C29H36N6O4S/c1-38-24-15-20(29(36)33-10-4-5-21(30)17-33)13-22-26(24)34(11-12-40(3)37)28(31-22)23-14-19-8-9-25(39-2)32-27(19)35(23)16-18-6-7-18/h8-9,13-15,18,21H,4-7,10-12,16-17,30H2,1-3H3/t21-,40?/m1/s1. The number of aromatic nitrogens is 4. The zero-order chi connectivity index (χ0) is 28.0. The van der Waals surface area contributed by atoms with E-state index >= 15 is 0 Å². The van der Waals surface area contributed by atoms with Crippen molar-refractivity contribution in [1.29, 1.82) is 0 Å². The Morgan fingerprint density at radius 1 is 1.10 bits per heavy atom. The number of hydrogen-bond donors (Lipinski definition) is 1. The van der Waals surface area contributed by atoms with E-state index in [-0.39, 0.29) is 11.9 Å². The lowest BCUT2D eigenvalue weighted by atomic mass is 10.0. The number of likely N-dealkylation sites (tertiary alicyclic amines) is 1. The van der Waals surface area contributed by atoms with E-state index in [0.29, 0.717) is 54.0 Å². The average Bonchev–Trinajstić information content (AvgIpc) is 3.60. The van der Waals surface area contributed by atoms with E-state index in [2.05, 4.69) is 15.2 Å². The van der Waals surface area contributed by atoms with Crippen molar-refractivity contribution in [2.24, 2.45) is 11.7 Å². The van der Waals surface area contributed by atoms with Crippen molar-refractivity contribution in [2.75, 3.05) is 39.3 Å². The van der Waals surface area contributed by atoms with Gasteiger partial charge >= 0.3 is 0 Å². The van der Waals surface area contributed by atoms with E-state index in [1.54, 1.807) is 26.5 Å². The number of aryl methyl sites for hydroxylation is 1. The first-order chi connectivity index (χ1) is 19.4. The summed E-state index contributed by atoms with van der Waals surface area (Å²) in [5.74, 6) is 2.85. The molecule has 212 valence electrons. The number of hydrogen-bond acceptors (Lipinski definition) is 7. The van der Waals surface area contributed by atoms with Gasteiger partial charge < -0.3 is 29.2 Å². The molecular formula is C29H36N6O4S. The molecule has 2 atom stereocenters. The molecule has 1 aromatic carbocycles. The second-order valence-corrected chi connectivity index (χ2v) is 12.5. The van der Waals surface area contributed by atoms with Crippen molar-refractivity contribution in [3.05, 3.63) is 35.9 Å². The Hall–Kier alpha value is -3.44. The molecule has 1 saturated carbocycles. The fourth-order valence-corrected chi connectivity index (χ4v) is 6.11. The molecule has 1 aliphatic carbocycles. The number of nitrogens with zero attached hydrogens (tertiary/aromatic N) is 5. The van der Waals surface area contributed by atoms with Gasteiger partial charge in [0.25, 0.3) is 5.91 Å². The first kappa shape index (κ1) is 26.8. The minimum Gasteiger partial charge on any atom is -0.494 e. The molecule has 1 aliphatic heterocycles. The molecule has 2 N–H and O–H groups in total. The van der Waals surface area contributed by atoms with Gasteiger partial charge in [0.15, 0.2) is 5.82 Å². The summed E-state index contributed by atoms with van der Waals surface area (Å²) in [4.78, 5) is 25.2. The smallest absolute Gasteiger partial charge is 0.254 e. The summed E-state index contributed by atoms with van der Waals surface area (Å²) < 4.78 is 27.8. The predicted molar refractivity (Wildman–Crippen MR) is 156 cm³/mol. The maximum Gasteiger partial charge on any atom is 0.254 e. The van der Waals surface area contributed by atoms with E-state index in [0.717, 1.165) is 47.5 Å². The van der Waals surface area contributed by atoms with Crippen molar-refractivity contribution in [1.82, 2.24) is 24.0 Å². The van der Waals surface area contributed by atoms with Crippen molar-refractivity contribution >= 4 is 38.8 Å². The van der Waals surface area contributed by atoms with Gasteiger partial charge in [-0.1, -0.05) is 0 Å². The lowest BCUT2D eigenvalue weighted by molar-refractivity contribution is 0.0708. The van der Waals surface area contributed by atoms with Crippen LogP contribution >= 0.6 is 0 Å². The van der Waals surface area contributed by atoms with Crippen molar-refractivity contribution in [3.63, 3.8) is 0 Å². The van der Waals surface area contributed by atoms with E-state index in [1.807, 2.05) is 23.1 Å². The molecule has 10 nitrogen and oxygen atoms in total. The van der Waals surface area contributed by atoms with Gasteiger partial charge in [-0.05, 0) is 55.9 Å². The van der Waals surface area contributed by atoms with Crippen LogP contribution in [0.4, 0.5) is 0 Å². The Morgan fingerprint density at radius 2 is 1.93 bits per heavy atom. The Balaban J connectivity index is 1.53. The van der Waals surface area contributed by atoms with Crippen molar-refractivity contribution in [2.45, 2.75) is 44.8 Å². The molecule has 0 radical (unpaired) electrons. The number of ether oxygens (including phenoxy) is 2. The number of carbonyl (C=O) groups is 1. The second-order valence-electron chi connectivity index (χ2n) is 10.9. The summed E-state index contributed by atoms with van der Waals surface area (Å²) in [6, 6.07) is 9.62. The van der Waals surface area contributed by atoms with Gasteiger partial charge in [-0.25, -0.2) is 4.98 Å². The number of rotatable bonds is 9. The number of benzene rings is 1. The summed E-state index contributed by atoms with van der Waals surface area (Å²) in [7, 11) is 2.22. The van der Waals surface area contributed by atoms with E-state index in [1.165, 1.54) is 12.8 Å². The molecule has 11 heteroatoms. The minimum absolute atomic E-state index is 0.00956. The zero-order valence-electron chi connectivity index (χ0n) is 23.3. The summed E-state index contributed by atoms with van der Waals surface area (Å²) in [6.45, 7) is 2.55. The van der Waals surface area contributed by atoms with Crippen molar-refractivity contribution in [3.8, 4) is 23.1 Å². The molecule has 1 saturated heterocycles. The van der Waals surface area contributed by atoms with Gasteiger partial charge in [-0.3, -0.25) is 9.00 Å². The number of piperidine rings is 1. The molecule has 1 amide bonds. The minimum atomic E-state index is -1.01. The first-order valence-corrected chi connectivity index (χ1v) is 15.6. The van der Waals surface area contributed by atoms with Crippen LogP contribution in [0.15, 0.2) is 30.3 Å². The topological polar surface area (TPSA) is 118 Å². The predicted octanol–water partition coefficient (Wildman–Crippen LogP) is 3.42. The molecule has 2 fully saturated rings. The molecule has 2 aliphatic rings. The lowest BCUT2D eigenvalue weighted by Gasteiger charge is -2.30. The van der Waals surface area contributed by atoms with Crippen molar-refractivity contribution < 1.29 is 18.5 Å². The van der Waals surface area contributed by atoms with Gasteiger partial charge in [0.2, 0.25) is 5.88 Å². The molecule has 0 bridgehead atoms. The number of nitrogens with two attached hydrogens (primary N) is 1. The van der Waals surface area contributed by atoms with E-state index < -0.39 is 10.8 Å². The first-order valence-electron chi connectivity index (χ1n) is 13.8. The fourth-order valence-electron chi connectivity index (χ4n) is 5.67. The van der Waals surface area contributed by atoms with Crippen LogP contribution in [0, 0.1) is 5.92 Å². The van der Waals surface area contributed by atoms with Crippen LogP contribution in [0.2, 0.25) is 0 Å². The van der Waals surface area contributed by atoms with Gasteiger partial charge in [-0.2, -0.15) is 4.98 Å². The Bertz CT molecular complexity index is 1610. The monoisotopic (exact) mass is 564 g/mol. The van der Waals surface area contributed by atoms with Crippen LogP contribution < -0.4 is 15.2 Å². The van der Waals surface area contributed by atoms with Gasteiger partial charge in [0.1, 0.15) is 16.9 Å². The fraction of sp³-hybridized carbons (Fsp3) is 0.483. The maximum absolute atomic E-state index is 13.5. The Kier molecular flexibility index (Phi) is 7.26. The molecule has 3 aromatic heterocycles. The molecule has 6 rings (SSSR count). The highest BCUT2D eigenvalue weighted by Gasteiger charge is 2.29. The zero-order valence-corrected chi connectivity index (χ0v) is 24.1. The number of methoxy groups -OCH3 is 2. The van der Waals surface area contributed by atoms with Crippen LogP contribution in [0.5, 0.6) is 11.6 Å². The Labute approximate surface area is 235 Å². The third kappa shape index (κ3) is 5.08. The maximum atomic E-state index is 13.5. The molecule has 4 heterocycles. The number of carbonyl (C=O) groups excluding carboxylic acids is 1. The van der Waals surface area contributed by atoms with Crippen LogP contribution in [0.1, 0.15) is 36.0 Å². The van der Waals surface area contributed by atoms with Gasteiger partial charge in [0, 0.05) is 72.0 Å². The average molecular weight is 565 g/mol. The highest BCUT2D eigenvalue weighted by Crippen LogP contribution is 2.38. The third-order valence-corrected chi connectivity index (χ3v) is 8.67. The third-order valence-electron chi connectivity index (χ3n) is 7.92. The van der Waals surface area contributed by atoms with Crippen LogP contribution in [0.3, 0.4) is 0 Å². The largest absolute Gasteiger partial charge is 0.494 e. The molecular weight excluding hydrogens is 528 g/mol. The van der Waals surface area contributed by atoms with Crippen LogP contribution in [0.25, 0.3) is 33.6 Å². The summed E-state index contributed by atoms with van der Waals surface area (Å²) >= 11 is 0. The highest BCUT2D eigenvalue weighted by molar-refractivity contribution is 7.84. The van der Waals surface area contributed by atoms with E-state index in [4.69, 9.17) is 25.2 Å². The van der Waals surface area contributed by atoms with Gasteiger partial charge in [-0.15, -0.1) is 0 Å². The molecule has 40 heavy (non-hydrogen) atoms. The molecule has 4 aromatic rings. The lowest BCUT2D eigenvalue weighted by Crippen LogP contribution is -2.45. The SMILES string of the molecule is COc1ccc2cc(-c3nc4cc(C(=O)N5CCC[C@@H](N)C5)cc(OC)c4n3CCS(C)=O)n(CC3CC3)c2n1. The van der Waals surface area contributed by atoms with E-state index in [9.17, 15) is 9.00 Å². The summed E-state index contributed by atoms with van der Waals surface area (Å²) in [5, 5.41) is 0.999. The van der Waals surface area contributed by atoms with Crippen LogP contribution in [-0.4, -0.2) is 79.5 Å². The Morgan fingerprint density at radius 3 is 2.62 bits per heavy atom. The second kappa shape index (κ2) is 10.9. The summed E-state index contributed by atoms with van der Waals surface area (Å²) in [5.41, 5.74) is 9.91. The number of pyridine rings is 1. The number of amides is 1. The van der Waals surface area contributed by atoms with Crippen LogP contribution in [-0.2, 0) is 23.9 Å². The highest BCUT2D eigenvalue weighted by atomic mass is 32.2. The summed E-state index contributed by atoms with van der Waals surface area (Å²) in [6.07, 6.45) is 5.90. The van der Waals surface area contributed by atoms with Gasteiger partial charge in [0.05, 0.1) is 25.4 Å². The number of imidazole rings is 1.